The molecule has 5 nitrogen and oxygen atoms in total. The van der Waals surface area contributed by atoms with Crippen LogP contribution in [0.25, 0.3) is 11.3 Å². The molecule has 0 aliphatic rings. The van der Waals surface area contributed by atoms with Gasteiger partial charge in [-0.05, 0) is 18.2 Å². The number of nitrogens with zero attached hydrogens (tertiary/aromatic N) is 1. The van der Waals surface area contributed by atoms with Crippen molar-refractivity contribution in [3.63, 3.8) is 0 Å². The minimum Gasteiger partial charge on any atom is -0.381 e. The summed E-state index contributed by atoms with van der Waals surface area (Å²) in [6.07, 6.45) is -2.56. The Labute approximate surface area is 131 Å². The van der Waals surface area contributed by atoms with Crippen LogP contribution in [0.4, 0.5) is 22.0 Å². The van der Waals surface area contributed by atoms with Crippen LogP contribution in [-0.2, 0) is 4.57 Å². The van der Waals surface area contributed by atoms with Gasteiger partial charge >= 0.3 is 13.3 Å². The maximum atomic E-state index is 14.0. The molecule has 0 spiro atoms. The van der Waals surface area contributed by atoms with Crippen LogP contribution in [0, 0.1) is 17.5 Å². The van der Waals surface area contributed by atoms with Gasteiger partial charge in [0.2, 0.25) is 0 Å². The molecule has 0 saturated heterocycles. The largest absolute Gasteiger partial charge is 0.397 e. The van der Waals surface area contributed by atoms with Crippen LogP contribution >= 0.6 is 7.60 Å². The molecule has 2 rings (SSSR count). The fourth-order valence-electron chi connectivity index (χ4n) is 1.85. The van der Waals surface area contributed by atoms with Crippen molar-refractivity contribution in [3.05, 3.63) is 53.5 Å². The number of pyridine rings is 1. The molecular formula is C13H9F5NO4P. The number of rotatable bonds is 4. The normalized spacial score (nSPS) is 13.8. The molecule has 0 bridgehead atoms. The van der Waals surface area contributed by atoms with Crippen molar-refractivity contribution in [2.24, 2.45) is 0 Å². The molecule has 0 fully saturated rings. The first-order valence-electron chi connectivity index (χ1n) is 6.18. The summed E-state index contributed by atoms with van der Waals surface area (Å²) in [4.78, 5) is 20.6. The number of aliphatic hydroxyl groups excluding tert-OH is 1. The Morgan fingerprint density at radius 3 is 2.17 bits per heavy atom. The second-order valence-corrected chi connectivity index (χ2v) is 6.41. The van der Waals surface area contributed by atoms with Crippen LogP contribution < -0.4 is 0 Å². The van der Waals surface area contributed by atoms with Crippen molar-refractivity contribution < 1.29 is 41.4 Å². The molecule has 0 aliphatic heterocycles. The number of aliphatic hydroxyl groups is 1. The molecule has 0 aliphatic carbocycles. The third-order valence-corrected chi connectivity index (χ3v) is 4.15. The summed E-state index contributed by atoms with van der Waals surface area (Å²) >= 11 is 0. The van der Waals surface area contributed by atoms with Gasteiger partial charge in [-0.15, -0.1) is 0 Å². The number of hydrogen-bond acceptors (Lipinski definition) is 3. The lowest BCUT2D eigenvalue weighted by atomic mass is 10.0. The first-order valence-corrected chi connectivity index (χ1v) is 7.79. The molecule has 0 radical (unpaired) electrons. The van der Waals surface area contributed by atoms with E-state index < -0.39 is 47.9 Å². The van der Waals surface area contributed by atoms with Crippen LogP contribution in [0.2, 0.25) is 0 Å². The zero-order valence-electron chi connectivity index (χ0n) is 11.5. The average molecular weight is 369 g/mol. The maximum Gasteiger partial charge on any atom is 0.397 e. The standard InChI is InChI=1S/C13H9F5NO4P/c14-6-1-4-9(19-5-6)7-2-3-8(11(16)10(7)15)12(20)13(17,18)24(21,22)23/h1-5,12,20H,(H2,21,22,23). The van der Waals surface area contributed by atoms with Crippen molar-refractivity contribution in [3.8, 4) is 11.3 Å². The van der Waals surface area contributed by atoms with Gasteiger partial charge in [-0.1, -0.05) is 6.07 Å². The Morgan fingerprint density at radius 1 is 1.04 bits per heavy atom. The monoisotopic (exact) mass is 369 g/mol. The molecule has 1 aromatic carbocycles. The van der Waals surface area contributed by atoms with E-state index in [1.807, 2.05) is 0 Å². The molecule has 1 unspecified atom stereocenters. The highest BCUT2D eigenvalue weighted by Crippen LogP contribution is 2.59. The summed E-state index contributed by atoms with van der Waals surface area (Å²) in [6, 6.07) is 3.22. The first kappa shape index (κ1) is 18.5. The highest BCUT2D eigenvalue weighted by molar-refractivity contribution is 7.53. The number of alkyl halides is 2. The lowest BCUT2D eigenvalue weighted by molar-refractivity contribution is -0.0623. The lowest BCUT2D eigenvalue weighted by Crippen LogP contribution is -2.27. The van der Waals surface area contributed by atoms with Gasteiger partial charge < -0.3 is 14.9 Å². The molecule has 130 valence electrons. The smallest absolute Gasteiger partial charge is 0.381 e. The predicted molar refractivity (Wildman–Crippen MR) is 71.5 cm³/mol. The van der Waals surface area contributed by atoms with E-state index in [-0.39, 0.29) is 5.69 Å². The van der Waals surface area contributed by atoms with Crippen molar-refractivity contribution in [2.45, 2.75) is 11.8 Å². The van der Waals surface area contributed by atoms with Gasteiger partial charge in [0.1, 0.15) is 5.82 Å². The SMILES string of the molecule is O=P(O)(O)C(F)(F)C(O)c1ccc(-c2ccc(F)cn2)c(F)c1F. The molecule has 0 amide bonds. The molecule has 0 saturated carbocycles. The molecule has 3 N–H and O–H groups in total. The van der Waals surface area contributed by atoms with E-state index in [2.05, 4.69) is 4.98 Å². The summed E-state index contributed by atoms with van der Waals surface area (Å²) in [5.41, 5.74) is -7.08. The lowest BCUT2D eigenvalue weighted by Gasteiger charge is -2.24. The molecule has 24 heavy (non-hydrogen) atoms. The van der Waals surface area contributed by atoms with E-state index in [0.29, 0.717) is 6.07 Å². The summed E-state index contributed by atoms with van der Waals surface area (Å²) < 4.78 is 78.4. The Hall–Kier alpha value is -1.87. The topological polar surface area (TPSA) is 90.7 Å². The minimum absolute atomic E-state index is 0.212. The summed E-state index contributed by atoms with van der Waals surface area (Å²) in [5, 5.41) is 9.37. The Bertz CT molecular complexity index is 809. The van der Waals surface area contributed by atoms with Gasteiger partial charge in [0.05, 0.1) is 11.9 Å². The third kappa shape index (κ3) is 3.18. The molecule has 11 heteroatoms. The summed E-state index contributed by atoms with van der Waals surface area (Å²) in [5.74, 6) is -4.36. The third-order valence-electron chi connectivity index (χ3n) is 3.13. The number of halogens is 5. The van der Waals surface area contributed by atoms with Gasteiger partial charge in [0, 0.05) is 11.1 Å². The first-order chi connectivity index (χ1) is 11.0. The van der Waals surface area contributed by atoms with Gasteiger partial charge in [-0.2, -0.15) is 8.78 Å². The van der Waals surface area contributed by atoms with E-state index in [1.54, 1.807) is 0 Å². The van der Waals surface area contributed by atoms with Crippen molar-refractivity contribution in [2.75, 3.05) is 0 Å². The van der Waals surface area contributed by atoms with Gasteiger partial charge in [0.25, 0.3) is 0 Å². The van der Waals surface area contributed by atoms with Gasteiger partial charge in [0.15, 0.2) is 17.7 Å². The fraction of sp³-hybridized carbons (Fsp3) is 0.154. The van der Waals surface area contributed by atoms with Crippen molar-refractivity contribution >= 4 is 7.60 Å². The number of benzene rings is 1. The Morgan fingerprint density at radius 2 is 1.67 bits per heavy atom. The molecular weight excluding hydrogens is 360 g/mol. The van der Waals surface area contributed by atoms with Crippen LogP contribution in [0.3, 0.4) is 0 Å². The highest BCUT2D eigenvalue weighted by atomic mass is 31.2. The summed E-state index contributed by atoms with van der Waals surface area (Å²) in [7, 11) is -6.13. The quantitative estimate of drug-likeness (QED) is 0.570. The molecule has 1 aromatic heterocycles. The number of aromatic nitrogens is 1. The van der Waals surface area contributed by atoms with Gasteiger partial charge in [-0.3, -0.25) is 9.55 Å². The number of hydrogen-bond donors (Lipinski definition) is 3. The van der Waals surface area contributed by atoms with Crippen LogP contribution in [0.1, 0.15) is 11.7 Å². The van der Waals surface area contributed by atoms with E-state index >= 15 is 0 Å². The van der Waals surface area contributed by atoms with Crippen LogP contribution in [-0.4, -0.2) is 25.5 Å². The van der Waals surface area contributed by atoms with Crippen LogP contribution in [0.15, 0.2) is 30.5 Å². The van der Waals surface area contributed by atoms with Crippen molar-refractivity contribution in [1.29, 1.82) is 0 Å². The second-order valence-electron chi connectivity index (χ2n) is 4.73. The summed E-state index contributed by atoms with van der Waals surface area (Å²) in [6.45, 7) is 0. The Balaban J connectivity index is 2.51. The van der Waals surface area contributed by atoms with E-state index in [0.717, 1.165) is 24.4 Å². The zero-order chi connectivity index (χ0) is 18.3. The van der Waals surface area contributed by atoms with Gasteiger partial charge in [-0.25, -0.2) is 13.2 Å². The second kappa shape index (κ2) is 6.21. The predicted octanol–water partition coefficient (Wildman–Crippen LogP) is 2.97. The Kier molecular flexibility index (Phi) is 4.78. The minimum atomic E-state index is -6.13. The van der Waals surface area contributed by atoms with E-state index in [9.17, 15) is 31.6 Å². The van der Waals surface area contributed by atoms with E-state index in [1.165, 1.54) is 0 Å². The fourth-order valence-corrected chi connectivity index (χ4v) is 2.31. The molecule has 2 aromatic rings. The van der Waals surface area contributed by atoms with Crippen molar-refractivity contribution in [1.82, 2.24) is 4.98 Å². The maximum absolute atomic E-state index is 14.0. The molecule has 1 heterocycles. The average Bonchev–Trinajstić information content (AvgIpc) is 2.49. The highest BCUT2D eigenvalue weighted by Gasteiger charge is 2.56. The van der Waals surface area contributed by atoms with Crippen LogP contribution in [0.5, 0.6) is 0 Å². The molecule has 1 atom stereocenters. The zero-order valence-corrected chi connectivity index (χ0v) is 12.4. The van der Waals surface area contributed by atoms with E-state index in [4.69, 9.17) is 9.79 Å².